The zero-order valence-corrected chi connectivity index (χ0v) is 14.8. The molecule has 0 bridgehead atoms. The van der Waals surface area contributed by atoms with Gasteiger partial charge in [-0.25, -0.2) is 9.48 Å². The number of alkyl halides is 2. The van der Waals surface area contributed by atoms with Gasteiger partial charge in [-0.1, -0.05) is 30.3 Å². The highest BCUT2D eigenvalue weighted by Gasteiger charge is 2.28. The molecule has 2 aromatic rings. The average molecular weight is 365 g/mol. The van der Waals surface area contributed by atoms with Crippen molar-refractivity contribution >= 4 is 11.9 Å². The van der Waals surface area contributed by atoms with Crippen molar-refractivity contribution in [3.8, 4) is 0 Å². The minimum atomic E-state index is -2.80. The summed E-state index contributed by atoms with van der Waals surface area (Å²) in [4.78, 5) is 25.4. The summed E-state index contributed by atoms with van der Waals surface area (Å²) in [5, 5.41) is 13.1. The number of aryl methyl sites for hydroxylation is 1. The molecule has 140 valence electrons. The van der Waals surface area contributed by atoms with Crippen LogP contribution >= 0.6 is 0 Å². The van der Waals surface area contributed by atoms with Crippen molar-refractivity contribution in [3.05, 3.63) is 52.8 Å². The normalized spacial score (nSPS) is 12.2. The Hall–Kier alpha value is -2.77. The van der Waals surface area contributed by atoms with Crippen LogP contribution in [0.4, 0.5) is 8.78 Å². The van der Waals surface area contributed by atoms with Gasteiger partial charge in [0.25, 0.3) is 0 Å². The summed E-state index contributed by atoms with van der Waals surface area (Å²) in [5.74, 6) is -1.59. The monoisotopic (exact) mass is 365 g/mol. The van der Waals surface area contributed by atoms with Gasteiger partial charge >= 0.3 is 12.5 Å². The lowest BCUT2D eigenvalue weighted by Gasteiger charge is -2.27. The SMILES string of the molecule is Cc1nn(C(F)F)c(C)c1CC(=O)N(Cc1ccccc1)C(C)C(=O)O. The summed E-state index contributed by atoms with van der Waals surface area (Å²) in [7, 11) is 0. The molecule has 0 saturated heterocycles. The van der Waals surface area contributed by atoms with Gasteiger partial charge in [-0.15, -0.1) is 0 Å². The molecule has 0 aliphatic carbocycles. The highest BCUT2D eigenvalue weighted by atomic mass is 19.3. The zero-order chi connectivity index (χ0) is 19.4. The third kappa shape index (κ3) is 4.25. The van der Waals surface area contributed by atoms with Crippen LogP contribution in [-0.2, 0) is 22.6 Å². The van der Waals surface area contributed by atoms with Crippen molar-refractivity contribution in [2.24, 2.45) is 0 Å². The average Bonchev–Trinajstić information content (AvgIpc) is 2.88. The summed E-state index contributed by atoms with van der Waals surface area (Å²) in [5.41, 5.74) is 1.71. The smallest absolute Gasteiger partial charge is 0.333 e. The molecule has 1 aromatic carbocycles. The Morgan fingerprint density at radius 1 is 1.23 bits per heavy atom. The number of carboxylic acids is 1. The number of nitrogens with zero attached hydrogens (tertiary/aromatic N) is 3. The Morgan fingerprint density at radius 2 is 1.85 bits per heavy atom. The second kappa shape index (κ2) is 8.07. The lowest BCUT2D eigenvalue weighted by atomic mass is 10.1. The second-order valence-electron chi connectivity index (χ2n) is 6.07. The molecule has 1 amide bonds. The van der Waals surface area contributed by atoms with E-state index in [1.807, 2.05) is 6.07 Å². The zero-order valence-electron chi connectivity index (χ0n) is 14.8. The van der Waals surface area contributed by atoms with E-state index in [-0.39, 0.29) is 18.7 Å². The minimum absolute atomic E-state index is 0.119. The number of amides is 1. The third-order valence-electron chi connectivity index (χ3n) is 4.33. The fourth-order valence-electron chi connectivity index (χ4n) is 2.75. The van der Waals surface area contributed by atoms with Crippen LogP contribution in [0.1, 0.15) is 36.0 Å². The molecule has 0 spiro atoms. The Bertz CT molecular complexity index is 790. The van der Waals surface area contributed by atoms with E-state index in [0.717, 1.165) is 5.56 Å². The summed E-state index contributed by atoms with van der Waals surface area (Å²) in [6.45, 7) is 1.77. The molecule has 0 aliphatic heterocycles. The van der Waals surface area contributed by atoms with Gasteiger partial charge in [0.1, 0.15) is 6.04 Å². The van der Waals surface area contributed by atoms with Crippen molar-refractivity contribution in [1.82, 2.24) is 14.7 Å². The van der Waals surface area contributed by atoms with Crippen LogP contribution in [0, 0.1) is 13.8 Å². The molecule has 0 fully saturated rings. The molecule has 1 atom stereocenters. The van der Waals surface area contributed by atoms with E-state index in [4.69, 9.17) is 0 Å². The van der Waals surface area contributed by atoms with Gasteiger partial charge < -0.3 is 10.0 Å². The number of aromatic nitrogens is 2. The highest BCUT2D eigenvalue weighted by molar-refractivity contribution is 5.85. The van der Waals surface area contributed by atoms with Gasteiger partial charge in [0.15, 0.2) is 0 Å². The topological polar surface area (TPSA) is 75.4 Å². The maximum atomic E-state index is 13.0. The lowest BCUT2D eigenvalue weighted by molar-refractivity contribution is -0.149. The molecule has 0 saturated carbocycles. The number of aliphatic carboxylic acids is 1. The number of benzene rings is 1. The molecule has 1 N–H and O–H groups in total. The number of carbonyl (C=O) groups excluding carboxylic acids is 1. The van der Waals surface area contributed by atoms with Crippen LogP contribution in [0.5, 0.6) is 0 Å². The largest absolute Gasteiger partial charge is 0.480 e. The van der Waals surface area contributed by atoms with Crippen LogP contribution in [-0.4, -0.2) is 37.7 Å². The Kier molecular flexibility index (Phi) is 6.07. The Labute approximate surface area is 150 Å². The van der Waals surface area contributed by atoms with Gasteiger partial charge in [0, 0.05) is 17.8 Å². The first kappa shape index (κ1) is 19.6. The van der Waals surface area contributed by atoms with Crippen molar-refractivity contribution in [2.75, 3.05) is 0 Å². The van der Waals surface area contributed by atoms with Crippen molar-refractivity contribution in [1.29, 1.82) is 0 Å². The molecular formula is C18H21F2N3O3. The molecule has 0 radical (unpaired) electrons. The lowest BCUT2D eigenvalue weighted by Crippen LogP contribution is -2.43. The third-order valence-corrected chi connectivity index (χ3v) is 4.33. The first-order valence-corrected chi connectivity index (χ1v) is 8.11. The van der Waals surface area contributed by atoms with Crippen LogP contribution in [0.15, 0.2) is 30.3 Å². The molecule has 2 rings (SSSR count). The number of halogens is 2. The van der Waals surface area contributed by atoms with Crippen molar-refractivity contribution in [3.63, 3.8) is 0 Å². The summed E-state index contributed by atoms with van der Waals surface area (Å²) < 4.78 is 26.5. The van der Waals surface area contributed by atoms with Crippen LogP contribution in [0.25, 0.3) is 0 Å². The van der Waals surface area contributed by atoms with E-state index in [9.17, 15) is 23.5 Å². The number of carbonyl (C=O) groups is 2. The number of carboxylic acid groups (broad SMARTS) is 1. The van der Waals surface area contributed by atoms with Crippen molar-refractivity contribution in [2.45, 2.75) is 46.3 Å². The first-order chi connectivity index (χ1) is 12.2. The first-order valence-electron chi connectivity index (χ1n) is 8.11. The fraction of sp³-hybridized carbons (Fsp3) is 0.389. The second-order valence-corrected chi connectivity index (χ2v) is 6.07. The molecule has 6 nitrogen and oxygen atoms in total. The van der Waals surface area contributed by atoms with E-state index in [1.54, 1.807) is 31.2 Å². The number of hydrogen-bond acceptors (Lipinski definition) is 3. The molecular weight excluding hydrogens is 344 g/mol. The predicted molar refractivity (Wildman–Crippen MR) is 90.7 cm³/mol. The molecule has 1 heterocycles. The summed E-state index contributed by atoms with van der Waals surface area (Å²) in [6.07, 6.45) is -0.186. The Balaban J connectivity index is 2.28. The van der Waals surface area contributed by atoms with Gasteiger partial charge in [-0.2, -0.15) is 13.9 Å². The summed E-state index contributed by atoms with van der Waals surface area (Å²) in [6, 6.07) is 7.95. The molecule has 0 aliphatic rings. The van der Waals surface area contributed by atoms with E-state index < -0.39 is 24.5 Å². The number of rotatable bonds is 7. The van der Waals surface area contributed by atoms with Crippen LogP contribution < -0.4 is 0 Å². The number of hydrogen-bond donors (Lipinski definition) is 1. The maximum Gasteiger partial charge on any atom is 0.333 e. The van der Waals surface area contributed by atoms with Gasteiger partial charge in [-0.3, -0.25) is 4.79 Å². The standard InChI is InChI=1S/C18H21F2N3O3/c1-11-15(12(2)23(21-11)18(19)20)9-16(24)22(13(3)17(25)26)10-14-7-5-4-6-8-14/h4-8,13,18H,9-10H2,1-3H3,(H,25,26). The van der Waals surface area contributed by atoms with E-state index in [0.29, 0.717) is 15.9 Å². The van der Waals surface area contributed by atoms with E-state index >= 15 is 0 Å². The van der Waals surface area contributed by atoms with Gasteiger partial charge in [0.2, 0.25) is 5.91 Å². The summed E-state index contributed by atoms with van der Waals surface area (Å²) >= 11 is 0. The quantitative estimate of drug-likeness (QED) is 0.819. The molecule has 26 heavy (non-hydrogen) atoms. The van der Waals surface area contributed by atoms with E-state index in [2.05, 4.69) is 5.10 Å². The minimum Gasteiger partial charge on any atom is -0.480 e. The Morgan fingerprint density at radius 3 is 2.35 bits per heavy atom. The van der Waals surface area contributed by atoms with Crippen LogP contribution in [0.3, 0.4) is 0 Å². The van der Waals surface area contributed by atoms with Gasteiger partial charge in [0.05, 0.1) is 12.1 Å². The fourth-order valence-corrected chi connectivity index (χ4v) is 2.75. The van der Waals surface area contributed by atoms with Crippen LogP contribution in [0.2, 0.25) is 0 Å². The van der Waals surface area contributed by atoms with E-state index in [1.165, 1.54) is 18.7 Å². The molecule has 1 aromatic heterocycles. The van der Waals surface area contributed by atoms with Gasteiger partial charge in [-0.05, 0) is 26.3 Å². The molecule has 1 unspecified atom stereocenters. The predicted octanol–water partition coefficient (Wildman–Crippen LogP) is 2.94. The highest BCUT2D eigenvalue weighted by Crippen LogP contribution is 2.21. The maximum absolute atomic E-state index is 13.0. The molecule has 8 heteroatoms. The van der Waals surface area contributed by atoms with Crippen molar-refractivity contribution < 1.29 is 23.5 Å².